The molecule has 1 radical (unpaired) electrons. The van der Waals surface area contributed by atoms with E-state index in [0.29, 0.717) is 6.07 Å². The molecule has 0 saturated heterocycles. The van der Waals surface area contributed by atoms with Crippen LogP contribution in [-0.2, 0) is 16.8 Å². The number of carbonyl (C=O) groups is 3. The van der Waals surface area contributed by atoms with Crippen molar-refractivity contribution in [3.8, 4) is 0 Å². The van der Waals surface area contributed by atoms with Crippen LogP contribution in [0.25, 0.3) is 0 Å². The van der Waals surface area contributed by atoms with Gasteiger partial charge in [0, 0.05) is 11.1 Å². The maximum atomic E-state index is 10.5. The van der Waals surface area contributed by atoms with E-state index in [4.69, 9.17) is 0 Å². The Morgan fingerprint density at radius 1 is 0.812 bits per heavy atom. The van der Waals surface area contributed by atoms with E-state index in [1.54, 1.807) is 0 Å². The summed E-state index contributed by atoms with van der Waals surface area (Å²) >= 11 is 0. The van der Waals surface area contributed by atoms with E-state index in [1.165, 1.54) is 0 Å². The maximum absolute atomic E-state index is 10.5. The minimum atomic E-state index is -1.79. The van der Waals surface area contributed by atoms with Gasteiger partial charge in [-0.3, -0.25) is 0 Å². The molecule has 0 unspecified atom stereocenters. The predicted molar refractivity (Wildman–Crippen MR) is 39.4 cm³/mol. The molecule has 0 spiro atoms. The summed E-state index contributed by atoms with van der Waals surface area (Å²) in [5.41, 5.74) is -1.84. The van der Waals surface area contributed by atoms with Gasteiger partial charge in [0.2, 0.25) is 0 Å². The van der Waals surface area contributed by atoms with E-state index in [-0.39, 0.29) is 16.8 Å². The topological polar surface area (TPSA) is 120 Å². The fourth-order valence-corrected chi connectivity index (χ4v) is 1.02. The fourth-order valence-electron chi connectivity index (χ4n) is 1.02. The first kappa shape index (κ1) is 14.1. The van der Waals surface area contributed by atoms with Crippen LogP contribution in [0.15, 0.2) is 18.2 Å². The Kier molecular flexibility index (Phi) is 4.67. The number of carboxylic acid groups (broad SMARTS) is 3. The fraction of sp³-hybridized carbons (Fsp3) is 0. The quantitative estimate of drug-likeness (QED) is 0.567. The Morgan fingerprint density at radius 3 is 1.69 bits per heavy atom. The first-order valence-electron chi connectivity index (χ1n) is 3.71. The second-order valence-corrected chi connectivity index (χ2v) is 2.62. The zero-order chi connectivity index (χ0) is 11.6. The van der Waals surface area contributed by atoms with Gasteiger partial charge in [-0.2, -0.15) is 0 Å². The van der Waals surface area contributed by atoms with Crippen molar-refractivity contribution in [1.82, 2.24) is 0 Å². The summed E-state index contributed by atoms with van der Waals surface area (Å²) in [5, 5.41) is 31.3. The van der Waals surface area contributed by atoms with E-state index in [1.807, 2.05) is 0 Å². The SMILES string of the molecule is O=C([O-])c1ccc(C(=O)[O-])c(C(=O)[O-])c1.[Co+2]. The normalized spacial score (nSPS) is 9.00. The van der Waals surface area contributed by atoms with E-state index in [2.05, 4.69) is 0 Å². The summed E-state index contributed by atoms with van der Waals surface area (Å²) < 4.78 is 0. The van der Waals surface area contributed by atoms with Gasteiger partial charge in [0.1, 0.15) is 0 Å². The van der Waals surface area contributed by atoms with Crippen molar-refractivity contribution in [3.05, 3.63) is 34.9 Å². The van der Waals surface area contributed by atoms with Crippen LogP contribution in [0.5, 0.6) is 0 Å². The molecule has 0 bridgehead atoms. The minimum absolute atomic E-state index is 0. The number of carboxylic acids is 3. The van der Waals surface area contributed by atoms with Crippen molar-refractivity contribution in [2.24, 2.45) is 0 Å². The third-order valence-corrected chi connectivity index (χ3v) is 1.70. The largest absolute Gasteiger partial charge is 2.00 e. The molecule has 1 aromatic carbocycles. The maximum Gasteiger partial charge on any atom is 2.00 e. The molecule has 0 aliphatic carbocycles. The Balaban J connectivity index is 0.00000225. The second-order valence-electron chi connectivity index (χ2n) is 2.62. The number of hydrogen-bond acceptors (Lipinski definition) is 6. The number of aromatic carboxylic acids is 3. The van der Waals surface area contributed by atoms with Crippen molar-refractivity contribution < 1.29 is 46.5 Å². The van der Waals surface area contributed by atoms with Crippen LogP contribution in [-0.4, -0.2) is 17.9 Å². The number of carbonyl (C=O) groups excluding carboxylic acids is 3. The molecule has 0 saturated carbocycles. The molecule has 0 N–H and O–H groups in total. The molecule has 16 heavy (non-hydrogen) atoms. The van der Waals surface area contributed by atoms with E-state index in [0.717, 1.165) is 12.1 Å². The van der Waals surface area contributed by atoms with E-state index >= 15 is 0 Å². The molecular weight excluding hydrogens is 263 g/mol. The molecule has 6 nitrogen and oxygen atoms in total. The van der Waals surface area contributed by atoms with Crippen LogP contribution in [0, 0.1) is 0 Å². The molecule has 0 aromatic heterocycles. The average Bonchev–Trinajstić information content (AvgIpc) is 2.16. The molecule has 1 aromatic rings. The second kappa shape index (κ2) is 5.28. The van der Waals surface area contributed by atoms with Crippen LogP contribution in [0.4, 0.5) is 0 Å². The van der Waals surface area contributed by atoms with Crippen molar-refractivity contribution in [3.63, 3.8) is 0 Å². The molecule has 0 fully saturated rings. The van der Waals surface area contributed by atoms with Crippen LogP contribution >= 0.6 is 0 Å². The molecule has 1 rings (SSSR count). The van der Waals surface area contributed by atoms with Gasteiger partial charge < -0.3 is 29.7 Å². The summed E-state index contributed by atoms with van der Waals surface area (Å²) in [6.45, 7) is 0. The van der Waals surface area contributed by atoms with E-state index < -0.39 is 34.6 Å². The Labute approximate surface area is 99.7 Å². The first-order valence-corrected chi connectivity index (χ1v) is 3.71. The van der Waals surface area contributed by atoms with Gasteiger partial charge in [0.05, 0.1) is 17.9 Å². The summed E-state index contributed by atoms with van der Waals surface area (Å²) in [6.07, 6.45) is 0. The molecule has 0 atom stereocenters. The smallest absolute Gasteiger partial charge is 0.545 e. The van der Waals surface area contributed by atoms with Crippen LogP contribution in [0.2, 0.25) is 0 Å². The van der Waals surface area contributed by atoms with Crippen molar-refractivity contribution in [2.75, 3.05) is 0 Å². The summed E-state index contributed by atoms with van der Waals surface area (Å²) in [5.74, 6) is -5.13. The zero-order valence-corrected chi connectivity index (χ0v) is 8.56. The average molecular weight is 266 g/mol. The zero-order valence-electron chi connectivity index (χ0n) is 7.51. The summed E-state index contributed by atoms with van der Waals surface area (Å²) in [6, 6.07) is 2.37. The number of benzene rings is 1. The van der Waals surface area contributed by atoms with Crippen LogP contribution in [0.1, 0.15) is 31.1 Å². The molecule has 7 heteroatoms. The molecule has 85 valence electrons. The Bertz CT molecular complexity index is 453. The van der Waals surface area contributed by atoms with Crippen molar-refractivity contribution in [1.29, 1.82) is 0 Å². The first-order chi connectivity index (χ1) is 6.93. The van der Waals surface area contributed by atoms with Crippen molar-refractivity contribution in [2.45, 2.75) is 0 Å². The minimum Gasteiger partial charge on any atom is -0.545 e. The Hall–Kier alpha value is -1.86. The van der Waals surface area contributed by atoms with Crippen molar-refractivity contribution >= 4 is 17.9 Å². The third kappa shape index (κ3) is 2.81. The molecule has 0 heterocycles. The predicted octanol–water partition coefficient (Wildman–Crippen LogP) is -3.23. The molecule has 0 amide bonds. The van der Waals surface area contributed by atoms with Crippen LogP contribution < -0.4 is 15.3 Å². The van der Waals surface area contributed by atoms with Crippen LogP contribution in [0.3, 0.4) is 0 Å². The van der Waals surface area contributed by atoms with Gasteiger partial charge in [-0.25, -0.2) is 0 Å². The monoisotopic (exact) mass is 266 g/mol. The molecule has 0 aliphatic rings. The van der Waals surface area contributed by atoms with Gasteiger partial charge in [0.15, 0.2) is 0 Å². The van der Waals surface area contributed by atoms with E-state index in [9.17, 15) is 29.7 Å². The number of rotatable bonds is 3. The third-order valence-electron chi connectivity index (χ3n) is 1.70. The van der Waals surface area contributed by atoms with Gasteiger partial charge in [-0.15, -0.1) is 0 Å². The van der Waals surface area contributed by atoms with Gasteiger partial charge in [0.25, 0.3) is 0 Å². The standard InChI is InChI=1S/C9H6O6.Co/c10-7(11)4-1-2-5(8(12)13)6(3-4)9(14)15;/h1-3H,(H,10,11)(H,12,13)(H,14,15);/q;+2/p-3. The number of hydrogen-bond donors (Lipinski definition) is 0. The summed E-state index contributed by atoms with van der Waals surface area (Å²) in [7, 11) is 0. The molecular formula is C9H3CoO6-. The summed E-state index contributed by atoms with van der Waals surface area (Å²) in [4.78, 5) is 31.3. The van der Waals surface area contributed by atoms with Gasteiger partial charge in [-0.1, -0.05) is 12.1 Å². The van der Waals surface area contributed by atoms with Gasteiger partial charge >= 0.3 is 16.8 Å². The van der Waals surface area contributed by atoms with Gasteiger partial charge in [-0.05, 0) is 11.6 Å². The molecule has 0 aliphatic heterocycles. The Morgan fingerprint density at radius 2 is 1.31 bits per heavy atom.